The second-order valence-electron chi connectivity index (χ2n) is 3.58. The number of nitrogens with zero attached hydrogens (tertiary/aromatic N) is 1. The lowest BCUT2D eigenvalue weighted by Crippen LogP contribution is -2.11. The van der Waals surface area contributed by atoms with Gasteiger partial charge >= 0.3 is 0 Å². The van der Waals surface area contributed by atoms with Crippen molar-refractivity contribution in [2.45, 2.75) is 4.21 Å². The van der Waals surface area contributed by atoms with Crippen LogP contribution in [0.2, 0.25) is 0 Å². The largest absolute Gasteiger partial charge is 0.298 e. The van der Waals surface area contributed by atoms with E-state index in [1.807, 2.05) is 6.07 Å². The first kappa shape index (κ1) is 13.3. The van der Waals surface area contributed by atoms with Gasteiger partial charge in [0.05, 0.1) is 0 Å². The zero-order valence-electron chi connectivity index (χ0n) is 9.53. The predicted molar refractivity (Wildman–Crippen MR) is 71.7 cm³/mol. The molecule has 7 heteroatoms. The van der Waals surface area contributed by atoms with Crippen LogP contribution in [0.25, 0.3) is 0 Å². The van der Waals surface area contributed by atoms with Crippen molar-refractivity contribution in [1.82, 2.24) is 0 Å². The van der Waals surface area contributed by atoms with Crippen LogP contribution in [0.4, 0.5) is 5.69 Å². The molecular weight excluding hydrogens is 284 g/mol. The molecule has 0 amide bonds. The van der Waals surface area contributed by atoms with Gasteiger partial charge in [-0.05, 0) is 36.4 Å². The summed E-state index contributed by atoms with van der Waals surface area (Å²) in [6, 6.07) is 10.7. The van der Waals surface area contributed by atoms with Gasteiger partial charge in [-0.25, -0.2) is 8.42 Å². The standard InChI is InChI=1S/C12H8N2O3S2/c13-7-11-5-6-12(18-11)19(16,17)14-10-3-1-9(8-15)2-4-10/h1-6,8,14H. The lowest BCUT2D eigenvalue weighted by molar-refractivity contribution is 0.112. The maximum absolute atomic E-state index is 12.0. The number of rotatable bonds is 4. The number of hydrogen-bond donors (Lipinski definition) is 1. The summed E-state index contributed by atoms with van der Waals surface area (Å²) in [5, 5.41) is 8.68. The third-order valence-electron chi connectivity index (χ3n) is 2.26. The number of benzene rings is 1. The van der Waals surface area contributed by atoms with E-state index in [0.717, 1.165) is 11.3 Å². The Labute approximate surface area is 114 Å². The van der Waals surface area contributed by atoms with Crippen LogP contribution in [-0.2, 0) is 10.0 Å². The van der Waals surface area contributed by atoms with Gasteiger partial charge in [-0.3, -0.25) is 9.52 Å². The molecule has 1 aromatic carbocycles. The Kier molecular flexibility index (Phi) is 3.64. The fourth-order valence-electron chi connectivity index (χ4n) is 1.36. The predicted octanol–water partition coefficient (Wildman–Crippen LogP) is 2.23. The molecule has 0 radical (unpaired) electrons. The summed E-state index contributed by atoms with van der Waals surface area (Å²) < 4.78 is 26.5. The van der Waals surface area contributed by atoms with Crippen molar-refractivity contribution in [2.24, 2.45) is 0 Å². The Balaban J connectivity index is 2.25. The molecule has 0 bridgehead atoms. The molecular formula is C12H8N2O3S2. The lowest BCUT2D eigenvalue weighted by atomic mass is 10.2. The van der Waals surface area contributed by atoms with Crippen LogP contribution in [0.5, 0.6) is 0 Å². The molecule has 1 N–H and O–H groups in total. The maximum atomic E-state index is 12.0. The van der Waals surface area contributed by atoms with E-state index >= 15 is 0 Å². The quantitative estimate of drug-likeness (QED) is 0.875. The van der Waals surface area contributed by atoms with Gasteiger partial charge in [0.2, 0.25) is 0 Å². The molecule has 2 aromatic rings. The summed E-state index contributed by atoms with van der Waals surface area (Å²) in [5.41, 5.74) is 0.823. The van der Waals surface area contributed by atoms with E-state index in [2.05, 4.69) is 4.72 Å². The molecule has 0 saturated heterocycles. The molecule has 0 spiro atoms. The molecule has 1 heterocycles. The average molecular weight is 292 g/mol. The fourth-order valence-corrected chi connectivity index (χ4v) is 3.52. The number of anilines is 1. The molecule has 2 rings (SSSR count). The summed E-state index contributed by atoms with van der Waals surface area (Å²) in [5.74, 6) is 0. The van der Waals surface area contributed by atoms with E-state index in [1.165, 1.54) is 36.4 Å². The first-order chi connectivity index (χ1) is 9.05. The minimum atomic E-state index is -3.69. The van der Waals surface area contributed by atoms with Crippen LogP contribution in [0, 0.1) is 11.3 Å². The van der Waals surface area contributed by atoms with Crippen molar-refractivity contribution in [3.63, 3.8) is 0 Å². The van der Waals surface area contributed by atoms with Crippen LogP contribution < -0.4 is 4.72 Å². The monoisotopic (exact) mass is 292 g/mol. The van der Waals surface area contributed by atoms with Crippen LogP contribution in [0.3, 0.4) is 0 Å². The van der Waals surface area contributed by atoms with Crippen molar-refractivity contribution in [1.29, 1.82) is 5.26 Å². The molecule has 0 saturated carbocycles. The number of nitrogens with one attached hydrogen (secondary N) is 1. The van der Waals surface area contributed by atoms with E-state index in [9.17, 15) is 13.2 Å². The molecule has 5 nitrogen and oxygen atoms in total. The van der Waals surface area contributed by atoms with Crippen molar-refractivity contribution in [3.05, 3.63) is 46.8 Å². The number of thiophene rings is 1. The third-order valence-corrected chi connectivity index (χ3v) is 5.12. The van der Waals surface area contributed by atoms with Crippen molar-refractivity contribution in [3.8, 4) is 6.07 Å². The maximum Gasteiger partial charge on any atom is 0.271 e. The Morgan fingerprint density at radius 2 is 1.84 bits per heavy atom. The van der Waals surface area contributed by atoms with Gasteiger partial charge in [0.1, 0.15) is 21.4 Å². The average Bonchev–Trinajstić information content (AvgIpc) is 2.89. The topological polar surface area (TPSA) is 87.0 Å². The number of aldehydes is 1. The highest BCUT2D eigenvalue weighted by Crippen LogP contribution is 2.23. The van der Waals surface area contributed by atoms with E-state index in [-0.39, 0.29) is 4.21 Å². The number of sulfonamides is 1. The second kappa shape index (κ2) is 5.22. The van der Waals surface area contributed by atoms with E-state index in [0.29, 0.717) is 22.4 Å². The summed E-state index contributed by atoms with van der Waals surface area (Å²) in [6.45, 7) is 0. The van der Waals surface area contributed by atoms with Gasteiger partial charge in [0.25, 0.3) is 10.0 Å². The first-order valence-corrected chi connectivity index (χ1v) is 7.43. The zero-order valence-corrected chi connectivity index (χ0v) is 11.2. The van der Waals surface area contributed by atoms with Gasteiger partial charge in [0, 0.05) is 11.3 Å². The van der Waals surface area contributed by atoms with Crippen LogP contribution in [-0.4, -0.2) is 14.7 Å². The summed E-state index contributed by atoms with van der Waals surface area (Å²) in [4.78, 5) is 10.8. The van der Waals surface area contributed by atoms with Crippen LogP contribution in [0.1, 0.15) is 15.2 Å². The minimum absolute atomic E-state index is 0.0727. The van der Waals surface area contributed by atoms with Crippen molar-refractivity contribution in [2.75, 3.05) is 4.72 Å². The van der Waals surface area contributed by atoms with E-state index < -0.39 is 10.0 Å². The van der Waals surface area contributed by atoms with Crippen molar-refractivity contribution < 1.29 is 13.2 Å². The van der Waals surface area contributed by atoms with E-state index in [4.69, 9.17) is 5.26 Å². The molecule has 1 aromatic heterocycles. The van der Waals surface area contributed by atoms with E-state index in [1.54, 1.807) is 0 Å². The highest BCUT2D eigenvalue weighted by molar-refractivity contribution is 7.94. The summed E-state index contributed by atoms with van der Waals surface area (Å²) in [7, 11) is -3.69. The Bertz CT molecular complexity index is 740. The molecule has 0 aliphatic heterocycles. The van der Waals surface area contributed by atoms with Crippen LogP contribution in [0.15, 0.2) is 40.6 Å². The fraction of sp³-hybridized carbons (Fsp3) is 0. The number of carbonyl (C=O) groups is 1. The number of hydrogen-bond acceptors (Lipinski definition) is 5. The molecule has 0 aliphatic carbocycles. The molecule has 0 aliphatic rings. The number of nitriles is 1. The summed E-state index contributed by atoms with van der Waals surface area (Å²) >= 11 is 0.899. The smallest absolute Gasteiger partial charge is 0.271 e. The zero-order chi connectivity index (χ0) is 13.9. The minimum Gasteiger partial charge on any atom is -0.298 e. The highest BCUT2D eigenvalue weighted by atomic mass is 32.2. The van der Waals surface area contributed by atoms with Gasteiger partial charge < -0.3 is 0 Å². The van der Waals surface area contributed by atoms with Gasteiger partial charge in [-0.1, -0.05) is 0 Å². The SMILES string of the molecule is N#Cc1ccc(S(=O)(=O)Nc2ccc(C=O)cc2)s1. The Morgan fingerprint density at radius 3 is 2.37 bits per heavy atom. The molecule has 0 unspecified atom stereocenters. The first-order valence-electron chi connectivity index (χ1n) is 5.13. The summed E-state index contributed by atoms with van der Waals surface area (Å²) in [6.07, 6.45) is 0.677. The van der Waals surface area contributed by atoms with Gasteiger partial charge in [-0.2, -0.15) is 5.26 Å². The van der Waals surface area contributed by atoms with Gasteiger partial charge in [-0.15, -0.1) is 11.3 Å². The molecule has 19 heavy (non-hydrogen) atoms. The second-order valence-corrected chi connectivity index (χ2v) is 6.57. The lowest BCUT2D eigenvalue weighted by Gasteiger charge is -2.05. The molecule has 0 fully saturated rings. The molecule has 0 atom stereocenters. The highest BCUT2D eigenvalue weighted by Gasteiger charge is 2.16. The third kappa shape index (κ3) is 2.99. The Morgan fingerprint density at radius 1 is 1.16 bits per heavy atom. The molecule has 96 valence electrons. The van der Waals surface area contributed by atoms with Gasteiger partial charge in [0.15, 0.2) is 0 Å². The van der Waals surface area contributed by atoms with Crippen molar-refractivity contribution >= 4 is 33.3 Å². The van der Waals surface area contributed by atoms with Crippen LogP contribution >= 0.6 is 11.3 Å². The normalized spacial score (nSPS) is 10.7. The Hall–Kier alpha value is -2.17. The number of carbonyl (C=O) groups excluding carboxylic acids is 1.